The fraction of sp³-hybridized carbons (Fsp3) is 0.269. The minimum absolute atomic E-state index is 0.0180. The Hall–Kier alpha value is -3.23. The summed E-state index contributed by atoms with van der Waals surface area (Å²) in [7, 11) is -2.70. The molecule has 3 aromatic rings. The zero-order chi connectivity index (χ0) is 24.1. The van der Waals surface area contributed by atoms with Crippen molar-refractivity contribution in [1.29, 1.82) is 0 Å². The first-order valence-corrected chi connectivity index (χ1v) is 12.6. The fourth-order valence-corrected chi connectivity index (χ4v) is 5.97. The smallest absolute Gasteiger partial charge is 0.246 e. The predicted octanol–water partition coefficient (Wildman–Crippen LogP) is 4.14. The Labute approximate surface area is 199 Å². The highest BCUT2D eigenvalue weighted by molar-refractivity contribution is 7.89. The van der Waals surface area contributed by atoms with Crippen LogP contribution in [0.1, 0.15) is 30.0 Å². The van der Waals surface area contributed by atoms with Gasteiger partial charge in [-0.05, 0) is 42.2 Å². The normalized spacial score (nSPS) is 16.9. The number of carbonyl (C=O) groups is 1. The minimum atomic E-state index is -4.04. The van der Waals surface area contributed by atoms with Gasteiger partial charge in [-0.3, -0.25) is 4.79 Å². The van der Waals surface area contributed by atoms with Gasteiger partial charge in [0.05, 0.1) is 19.1 Å². The lowest BCUT2D eigenvalue weighted by molar-refractivity contribution is -0.126. The standard InChI is InChI=1S/C26H27FN2O4S/c1-33-23-15-14-22(27)17-24(23)34(31,32)29-16-8-13-21(18-29)26(30)28-25(19-9-4-2-5-10-19)20-11-6-3-7-12-20/h2-7,9-12,14-15,17,21,25H,8,13,16,18H2,1H3,(H,28,30)/t21-/m1/s1. The molecule has 0 saturated carbocycles. The number of benzene rings is 3. The summed E-state index contributed by atoms with van der Waals surface area (Å²) in [5.74, 6) is -1.35. The summed E-state index contributed by atoms with van der Waals surface area (Å²) >= 11 is 0. The number of nitrogens with zero attached hydrogens (tertiary/aromatic N) is 1. The molecule has 1 N–H and O–H groups in total. The third-order valence-corrected chi connectivity index (χ3v) is 7.94. The number of nitrogens with one attached hydrogen (secondary N) is 1. The largest absolute Gasteiger partial charge is 0.495 e. The Bertz CT molecular complexity index is 1200. The highest BCUT2D eigenvalue weighted by Crippen LogP contribution is 2.31. The number of methoxy groups -OCH3 is 1. The summed E-state index contributed by atoms with van der Waals surface area (Å²) in [5, 5.41) is 3.12. The lowest BCUT2D eigenvalue weighted by Crippen LogP contribution is -2.46. The van der Waals surface area contributed by atoms with Crippen molar-refractivity contribution in [3.05, 3.63) is 95.8 Å². The van der Waals surface area contributed by atoms with Gasteiger partial charge in [-0.15, -0.1) is 0 Å². The van der Waals surface area contributed by atoms with Crippen molar-refractivity contribution in [2.45, 2.75) is 23.8 Å². The summed E-state index contributed by atoms with van der Waals surface area (Å²) in [6.45, 7) is 0.275. The molecule has 178 valence electrons. The van der Waals surface area contributed by atoms with E-state index >= 15 is 0 Å². The molecule has 1 heterocycles. The SMILES string of the molecule is COc1ccc(F)cc1S(=O)(=O)N1CCC[C@@H](C(=O)NC(c2ccccc2)c2ccccc2)C1. The fourth-order valence-electron chi connectivity index (χ4n) is 4.28. The second kappa shape index (κ2) is 10.4. The molecule has 1 atom stereocenters. The molecule has 1 amide bonds. The van der Waals surface area contributed by atoms with Crippen LogP contribution in [0.4, 0.5) is 4.39 Å². The predicted molar refractivity (Wildman–Crippen MR) is 127 cm³/mol. The highest BCUT2D eigenvalue weighted by Gasteiger charge is 2.35. The van der Waals surface area contributed by atoms with E-state index in [4.69, 9.17) is 4.74 Å². The van der Waals surface area contributed by atoms with Gasteiger partial charge in [-0.2, -0.15) is 4.31 Å². The summed E-state index contributed by atoms with van der Waals surface area (Å²) in [6, 6.07) is 22.3. The van der Waals surface area contributed by atoms with Crippen molar-refractivity contribution in [3.8, 4) is 5.75 Å². The summed E-state index contributed by atoms with van der Waals surface area (Å²) in [4.78, 5) is 13.1. The van der Waals surface area contributed by atoms with E-state index in [1.54, 1.807) is 0 Å². The van der Waals surface area contributed by atoms with Crippen molar-refractivity contribution in [2.75, 3.05) is 20.2 Å². The van der Waals surface area contributed by atoms with Gasteiger partial charge >= 0.3 is 0 Å². The maximum Gasteiger partial charge on any atom is 0.246 e. The molecule has 1 saturated heterocycles. The van der Waals surface area contributed by atoms with Gasteiger partial charge < -0.3 is 10.1 Å². The molecule has 0 unspecified atom stereocenters. The Morgan fingerprint density at radius 2 is 1.65 bits per heavy atom. The molecule has 0 radical (unpaired) electrons. The summed E-state index contributed by atoms with van der Waals surface area (Å²) in [5.41, 5.74) is 1.87. The first-order valence-electron chi connectivity index (χ1n) is 11.1. The Morgan fingerprint density at radius 1 is 1.03 bits per heavy atom. The number of ether oxygens (including phenoxy) is 1. The van der Waals surface area contributed by atoms with Gasteiger partial charge in [0.2, 0.25) is 15.9 Å². The summed E-state index contributed by atoms with van der Waals surface area (Å²) in [6.07, 6.45) is 1.09. The van der Waals surface area contributed by atoms with Crippen LogP contribution >= 0.6 is 0 Å². The summed E-state index contributed by atoms with van der Waals surface area (Å²) < 4.78 is 46.8. The number of hydrogen-bond donors (Lipinski definition) is 1. The van der Waals surface area contributed by atoms with Gasteiger partial charge in [-0.25, -0.2) is 12.8 Å². The Kier molecular flexibility index (Phi) is 7.29. The van der Waals surface area contributed by atoms with Crippen molar-refractivity contribution in [1.82, 2.24) is 9.62 Å². The molecule has 0 aromatic heterocycles. The van der Waals surface area contributed by atoms with Crippen molar-refractivity contribution in [2.24, 2.45) is 5.92 Å². The van der Waals surface area contributed by atoms with E-state index in [0.29, 0.717) is 12.8 Å². The van der Waals surface area contributed by atoms with Gasteiger partial charge in [0.25, 0.3) is 0 Å². The van der Waals surface area contributed by atoms with E-state index in [0.717, 1.165) is 23.3 Å². The number of amides is 1. The lowest BCUT2D eigenvalue weighted by Gasteiger charge is -2.32. The van der Waals surface area contributed by atoms with Gasteiger partial charge in [0, 0.05) is 13.1 Å². The van der Waals surface area contributed by atoms with Crippen LogP contribution in [0, 0.1) is 11.7 Å². The molecule has 8 heteroatoms. The number of carbonyl (C=O) groups excluding carboxylic acids is 1. The number of hydrogen-bond acceptors (Lipinski definition) is 4. The molecule has 0 spiro atoms. The van der Waals surface area contributed by atoms with Crippen LogP contribution in [0.3, 0.4) is 0 Å². The number of sulfonamides is 1. The second-order valence-corrected chi connectivity index (χ2v) is 10.2. The van der Waals surface area contributed by atoms with E-state index in [9.17, 15) is 17.6 Å². The molecule has 6 nitrogen and oxygen atoms in total. The Morgan fingerprint density at radius 3 is 2.24 bits per heavy atom. The highest BCUT2D eigenvalue weighted by atomic mass is 32.2. The van der Waals surface area contributed by atoms with Crippen molar-refractivity contribution >= 4 is 15.9 Å². The molecule has 4 rings (SSSR count). The number of piperidine rings is 1. The zero-order valence-electron chi connectivity index (χ0n) is 18.9. The zero-order valence-corrected chi connectivity index (χ0v) is 19.7. The second-order valence-electron chi connectivity index (χ2n) is 8.26. The van der Waals surface area contributed by atoms with Crippen LogP contribution in [-0.4, -0.2) is 38.8 Å². The van der Waals surface area contributed by atoms with Crippen LogP contribution in [0.25, 0.3) is 0 Å². The maximum atomic E-state index is 13.8. The van der Waals surface area contributed by atoms with Crippen LogP contribution < -0.4 is 10.1 Å². The van der Waals surface area contributed by atoms with Gasteiger partial charge in [0.15, 0.2) is 0 Å². The van der Waals surface area contributed by atoms with Crippen LogP contribution in [0.2, 0.25) is 0 Å². The first-order chi connectivity index (χ1) is 16.4. The molecule has 1 aliphatic heterocycles. The molecular weight excluding hydrogens is 455 g/mol. The third kappa shape index (κ3) is 5.13. The topological polar surface area (TPSA) is 75.7 Å². The third-order valence-electron chi connectivity index (χ3n) is 6.05. The van der Waals surface area contributed by atoms with E-state index in [1.807, 2.05) is 60.7 Å². The van der Waals surface area contributed by atoms with Crippen molar-refractivity contribution in [3.63, 3.8) is 0 Å². The van der Waals surface area contributed by atoms with E-state index < -0.39 is 21.8 Å². The number of rotatable bonds is 7. The van der Waals surface area contributed by atoms with E-state index in [1.165, 1.54) is 17.5 Å². The molecular formula is C26H27FN2O4S. The van der Waals surface area contributed by atoms with Gasteiger partial charge in [0.1, 0.15) is 16.5 Å². The molecule has 1 aliphatic rings. The van der Waals surface area contributed by atoms with E-state index in [-0.39, 0.29) is 35.7 Å². The monoisotopic (exact) mass is 482 g/mol. The average Bonchev–Trinajstić information content (AvgIpc) is 2.88. The van der Waals surface area contributed by atoms with Crippen LogP contribution in [0.5, 0.6) is 5.75 Å². The quantitative estimate of drug-likeness (QED) is 0.549. The lowest BCUT2D eigenvalue weighted by atomic mass is 9.95. The molecule has 34 heavy (non-hydrogen) atoms. The molecule has 1 fully saturated rings. The van der Waals surface area contributed by atoms with Gasteiger partial charge in [-0.1, -0.05) is 60.7 Å². The molecule has 3 aromatic carbocycles. The minimum Gasteiger partial charge on any atom is -0.495 e. The average molecular weight is 483 g/mol. The number of halogens is 1. The maximum absolute atomic E-state index is 13.8. The van der Waals surface area contributed by atoms with Crippen LogP contribution in [-0.2, 0) is 14.8 Å². The molecule has 0 bridgehead atoms. The first kappa shape index (κ1) is 23.9. The molecule has 0 aliphatic carbocycles. The van der Waals surface area contributed by atoms with E-state index in [2.05, 4.69) is 5.32 Å². The van der Waals surface area contributed by atoms with Crippen molar-refractivity contribution < 1.29 is 22.3 Å². The Balaban J connectivity index is 1.56. The van der Waals surface area contributed by atoms with Crippen LogP contribution in [0.15, 0.2) is 83.8 Å².